The van der Waals surface area contributed by atoms with Gasteiger partial charge in [-0.05, 0) is 12.8 Å². The van der Waals surface area contributed by atoms with Crippen molar-refractivity contribution in [1.29, 1.82) is 0 Å². The van der Waals surface area contributed by atoms with Gasteiger partial charge in [0, 0.05) is 26.4 Å². The molecule has 0 aliphatic heterocycles. The van der Waals surface area contributed by atoms with Crippen molar-refractivity contribution in [2.24, 2.45) is 11.7 Å². The molecule has 125 valence electrons. The number of nitrogens with two attached hydrogens (primary N) is 1. The average molecular weight is 314 g/mol. The molecule has 4 N–H and O–H groups in total. The zero-order chi connectivity index (χ0) is 17.3. The van der Waals surface area contributed by atoms with Gasteiger partial charge in [-0.25, -0.2) is 0 Å². The number of aliphatic hydroxyl groups is 1. The van der Waals surface area contributed by atoms with Gasteiger partial charge in [0.1, 0.15) is 6.61 Å². The first-order valence-electron chi connectivity index (χ1n) is 6.95. The molecule has 0 aromatic heterocycles. The third-order valence-electron chi connectivity index (χ3n) is 3.15. The molecule has 22 heavy (non-hydrogen) atoms. The topological polar surface area (TPSA) is 130 Å². The fourth-order valence-corrected chi connectivity index (χ4v) is 1.55. The highest BCUT2D eigenvalue weighted by atomic mass is 16.3. The molecule has 0 spiro atoms. The zero-order valence-electron chi connectivity index (χ0n) is 13.2. The second kappa shape index (κ2) is 9.88. The molecule has 8 heteroatoms. The summed E-state index contributed by atoms with van der Waals surface area (Å²) >= 11 is 0. The molecule has 0 aliphatic carbocycles. The normalized spacial score (nSPS) is 13.1. The molecule has 0 saturated carbocycles. The fraction of sp³-hybridized carbons (Fsp3) is 0.643. The van der Waals surface area contributed by atoms with Gasteiger partial charge >= 0.3 is 0 Å². The Kier molecular flexibility index (Phi) is 9.00. The predicted octanol–water partition coefficient (Wildman–Crippen LogP) is -1.38. The summed E-state index contributed by atoms with van der Waals surface area (Å²) in [5.41, 5.74) is 5.08. The third-order valence-corrected chi connectivity index (χ3v) is 3.15. The predicted molar refractivity (Wildman–Crippen MR) is 79.2 cm³/mol. The smallest absolute Gasteiger partial charge is 0.224 e. The number of nitrogens with zero attached hydrogens (tertiary/aromatic N) is 1. The van der Waals surface area contributed by atoms with E-state index in [2.05, 4.69) is 5.32 Å². The van der Waals surface area contributed by atoms with E-state index < -0.39 is 36.2 Å². The van der Waals surface area contributed by atoms with E-state index in [9.17, 15) is 19.2 Å². The Bertz CT molecular complexity index is 423. The van der Waals surface area contributed by atoms with Gasteiger partial charge < -0.3 is 21.1 Å². The highest BCUT2D eigenvalue weighted by Crippen LogP contribution is 2.06. The van der Waals surface area contributed by atoms with Gasteiger partial charge in [-0.2, -0.15) is 0 Å². The number of rotatable bonds is 10. The highest BCUT2D eigenvalue weighted by molar-refractivity contribution is 5.93. The Morgan fingerprint density at radius 2 is 1.86 bits per heavy atom. The van der Waals surface area contributed by atoms with E-state index in [-0.39, 0.29) is 25.2 Å². The van der Waals surface area contributed by atoms with E-state index >= 15 is 0 Å². The molecular formula is C14H24N3O5. The zero-order valence-corrected chi connectivity index (χ0v) is 13.2. The van der Waals surface area contributed by atoms with Crippen LogP contribution in [-0.4, -0.2) is 60.3 Å². The number of primary amides is 1. The number of amides is 3. The Morgan fingerprint density at radius 3 is 2.32 bits per heavy atom. The average Bonchev–Trinajstić information content (AvgIpc) is 2.47. The van der Waals surface area contributed by atoms with Crippen LogP contribution < -0.4 is 11.1 Å². The van der Waals surface area contributed by atoms with Crippen LogP contribution in [0.25, 0.3) is 0 Å². The van der Waals surface area contributed by atoms with Crippen molar-refractivity contribution in [3.05, 3.63) is 6.42 Å². The quantitative estimate of drug-likeness (QED) is 0.457. The number of Topliss-reactive ketones (excluding diaryl/α,β-unsaturated/α-hetero) is 1. The van der Waals surface area contributed by atoms with Crippen molar-refractivity contribution < 1.29 is 24.3 Å². The molecule has 1 radical (unpaired) electrons. The van der Waals surface area contributed by atoms with Crippen LogP contribution in [0.2, 0.25) is 0 Å². The largest absolute Gasteiger partial charge is 0.389 e. The number of hydrogen-bond donors (Lipinski definition) is 3. The van der Waals surface area contributed by atoms with Crippen LogP contribution in [0.5, 0.6) is 0 Å². The van der Waals surface area contributed by atoms with Gasteiger partial charge in [0.2, 0.25) is 17.7 Å². The lowest BCUT2D eigenvalue weighted by atomic mass is 10.0. The van der Waals surface area contributed by atoms with Crippen molar-refractivity contribution in [2.45, 2.75) is 32.2 Å². The first kappa shape index (κ1) is 20.0. The molecule has 0 fully saturated rings. The van der Waals surface area contributed by atoms with Gasteiger partial charge in [0.05, 0.1) is 12.5 Å². The van der Waals surface area contributed by atoms with Crippen LogP contribution in [0, 0.1) is 12.3 Å². The number of ketones is 1. The molecular weight excluding hydrogens is 290 g/mol. The molecule has 2 atom stereocenters. The van der Waals surface area contributed by atoms with Crippen molar-refractivity contribution >= 4 is 23.5 Å². The second-order valence-corrected chi connectivity index (χ2v) is 5.26. The summed E-state index contributed by atoms with van der Waals surface area (Å²) < 4.78 is 0. The molecule has 0 aliphatic rings. The van der Waals surface area contributed by atoms with Gasteiger partial charge in [0.15, 0.2) is 5.78 Å². The Morgan fingerprint density at radius 1 is 1.27 bits per heavy atom. The van der Waals surface area contributed by atoms with E-state index in [1.54, 1.807) is 21.0 Å². The van der Waals surface area contributed by atoms with Crippen molar-refractivity contribution in [3.8, 4) is 0 Å². The maximum atomic E-state index is 11.7. The molecule has 0 saturated heterocycles. The van der Waals surface area contributed by atoms with Crippen LogP contribution in [0.15, 0.2) is 0 Å². The lowest BCUT2D eigenvalue weighted by molar-refractivity contribution is -0.131. The molecule has 0 rings (SSSR count). The SMILES string of the molecule is CC(C[CH]C(=O)NC(CCC(=O)N(C)C)C(=O)CO)C(N)=O. The number of carbonyl (C=O) groups excluding carboxylic acids is 4. The van der Waals surface area contributed by atoms with E-state index in [0.29, 0.717) is 0 Å². The summed E-state index contributed by atoms with van der Waals surface area (Å²) in [6, 6.07) is -0.943. The number of carbonyl (C=O) groups is 4. The Balaban J connectivity index is 4.46. The van der Waals surface area contributed by atoms with E-state index in [4.69, 9.17) is 10.8 Å². The summed E-state index contributed by atoms with van der Waals surface area (Å²) in [6.45, 7) is 0.858. The minimum atomic E-state index is -0.943. The van der Waals surface area contributed by atoms with Crippen LogP contribution in [0.3, 0.4) is 0 Å². The maximum Gasteiger partial charge on any atom is 0.224 e. The first-order valence-corrected chi connectivity index (χ1v) is 6.95. The minimum Gasteiger partial charge on any atom is -0.389 e. The van der Waals surface area contributed by atoms with E-state index in [1.807, 2.05) is 0 Å². The summed E-state index contributed by atoms with van der Waals surface area (Å²) in [5.74, 6) is -2.32. The van der Waals surface area contributed by atoms with Gasteiger partial charge in [0.25, 0.3) is 0 Å². The van der Waals surface area contributed by atoms with Crippen LogP contribution in [0.4, 0.5) is 0 Å². The van der Waals surface area contributed by atoms with E-state index in [0.717, 1.165) is 0 Å². The van der Waals surface area contributed by atoms with Crippen LogP contribution in [-0.2, 0) is 19.2 Å². The molecule has 0 aromatic carbocycles. The summed E-state index contributed by atoms with van der Waals surface area (Å²) in [5, 5.41) is 11.3. The monoisotopic (exact) mass is 314 g/mol. The Labute approximate surface area is 130 Å². The lowest BCUT2D eigenvalue weighted by Crippen LogP contribution is -2.43. The molecule has 0 bridgehead atoms. The van der Waals surface area contributed by atoms with Crippen molar-refractivity contribution in [2.75, 3.05) is 20.7 Å². The van der Waals surface area contributed by atoms with Crippen molar-refractivity contribution in [1.82, 2.24) is 10.2 Å². The maximum absolute atomic E-state index is 11.7. The fourth-order valence-electron chi connectivity index (χ4n) is 1.55. The number of aliphatic hydroxyl groups excluding tert-OH is 1. The first-order chi connectivity index (χ1) is 10.2. The molecule has 8 nitrogen and oxygen atoms in total. The lowest BCUT2D eigenvalue weighted by Gasteiger charge is -2.18. The molecule has 3 amide bonds. The highest BCUT2D eigenvalue weighted by Gasteiger charge is 2.22. The molecule has 2 unspecified atom stereocenters. The Hall–Kier alpha value is -1.96. The second-order valence-electron chi connectivity index (χ2n) is 5.26. The third kappa shape index (κ3) is 7.72. The summed E-state index contributed by atoms with van der Waals surface area (Å²) in [4.78, 5) is 47.1. The molecule has 0 heterocycles. The molecule has 0 aromatic rings. The van der Waals surface area contributed by atoms with Gasteiger partial charge in [-0.15, -0.1) is 0 Å². The van der Waals surface area contributed by atoms with Crippen molar-refractivity contribution in [3.63, 3.8) is 0 Å². The van der Waals surface area contributed by atoms with E-state index in [1.165, 1.54) is 11.3 Å². The standard InChI is InChI=1S/C14H24N3O5/c1-9(14(15)22)4-6-12(20)16-10(11(19)8-18)5-7-13(21)17(2)3/h6,9-10,18H,4-5,7-8H2,1-3H3,(H2,15,22)(H,16,20). The summed E-state index contributed by atoms with van der Waals surface area (Å²) in [7, 11) is 3.17. The minimum absolute atomic E-state index is 0.0708. The summed E-state index contributed by atoms with van der Waals surface area (Å²) in [6.07, 6.45) is 1.54. The van der Waals surface area contributed by atoms with Gasteiger partial charge in [-0.1, -0.05) is 6.92 Å². The van der Waals surface area contributed by atoms with Crippen LogP contribution >= 0.6 is 0 Å². The number of nitrogens with one attached hydrogen (secondary N) is 1. The number of hydrogen-bond acceptors (Lipinski definition) is 5. The van der Waals surface area contributed by atoms with Crippen LogP contribution in [0.1, 0.15) is 26.2 Å². The van der Waals surface area contributed by atoms with Gasteiger partial charge in [-0.3, -0.25) is 19.2 Å².